The van der Waals surface area contributed by atoms with E-state index >= 15 is 0 Å². The van der Waals surface area contributed by atoms with Crippen LogP contribution in [0.1, 0.15) is 36.2 Å². The topological polar surface area (TPSA) is 67.8 Å². The maximum Gasteiger partial charge on any atom is 0.252 e. The van der Waals surface area contributed by atoms with Gasteiger partial charge in [-0.15, -0.1) is 0 Å². The first-order valence-electron chi connectivity index (χ1n) is 6.56. The molecule has 0 saturated heterocycles. The second-order valence-electron chi connectivity index (χ2n) is 5.03. The van der Waals surface area contributed by atoms with E-state index in [-0.39, 0.29) is 12.5 Å². The average Bonchev–Trinajstić information content (AvgIpc) is 2.47. The van der Waals surface area contributed by atoms with Gasteiger partial charge in [0, 0.05) is 11.1 Å². The summed E-state index contributed by atoms with van der Waals surface area (Å²) in [6.07, 6.45) is 0.634. The molecule has 0 aromatic heterocycles. The van der Waals surface area contributed by atoms with Crippen LogP contribution in [0.3, 0.4) is 0 Å². The fourth-order valence-electron chi connectivity index (χ4n) is 1.80. The van der Waals surface area contributed by atoms with Gasteiger partial charge < -0.3 is 19.9 Å². The minimum absolute atomic E-state index is 0.116. The molecule has 1 aromatic carbocycles. The highest BCUT2D eigenvalue weighted by atomic mass is 16.5. The van der Waals surface area contributed by atoms with Crippen LogP contribution < -0.4 is 14.8 Å². The Morgan fingerprint density at radius 1 is 1.30 bits per heavy atom. The van der Waals surface area contributed by atoms with Crippen molar-refractivity contribution in [3.63, 3.8) is 0 Å². The molecule has 0 aliphatic rings. The van der Waals surface area contributed by atoms with Crippen LogP contribution in [0.4, 0.5) is 0 Å². The molecule has 0 saturated carbocycles. The van der Waals surface area contributed by atoms with Crippen LogP contribution in [0.2, 0.25) is 0 Å². The molecule has 5 nitrogen and oxygen atoms in total. The summed E-state index contributed by atoms with van der Waals surface area (Å²) in [6.45, 7) is 5.46. The summed E-state index contributed by atoms with van der Waals surface area (Å²) < 4.78 is 10.5. The Morgan fingerprint density at radius 2 is 1.80 bits per heavy atom. The number of methoxy groups -OCH3 is 2. The SMILES string of the molecule is CCC(C)(CO)NC(=O)c1cc(OC)c(C)c(OC)c1. The smallest absolute Gasteiger partial charge is 0.252 e. The fourth-order valence-corrected chi connectivity index (χ4v) is 1.80. The molecule has 1 atom stereocenters. The highest BCUT2D eigenvalue weighted by Gasteiger charge is 2.24. The van der Waals surface area contributed by atoms with Gasteiger partial charge in [-0.2, -0.15) is 0 Å². The molecule has 0 heterocycles. The number of rotatable bonds is 6. The van der Waals surface area contributed by atoms with Crippen molar-refractivity contribution in [1.29, 1.82) is 0 Å². The molecule has 5 heteroatoms. The van der Waals surface area contributed by atoms with Crippen molar-refractivity contribution in [3.05, 3.63) is 23.3 Å². The molecule has 0 aliphatic heterocycles. The lowest BCUT2D eigenvalue weighted by Gasteiger charge is -2.27. The quantitative estimate of drug-likeness (QED) is 0.835. The van der Waals surface area contributed by atoms with Gasteiger partial charge in [0.1, 0.15) is 11.5 Å². The van der Waals surface area contributed by atoms with Gasteiger partial charge in [0.2, 0.25) is 0 Å². The van der Waals surface area contributed by atoms with Crippen LogP contribution in [0.15, 0.2) is 12.1 Å². The fraction of sp³-hybridized carbons (Fsp3) is 0.533. The minimum atomic E-state index is -0.636. The van der Waals surface area contributed by atoms with Gasteiger partial charge in [-0.1, -0.05) is 6.92 Å². The van der Waals surface area contributed by atoms with Crippen LogP contribution in [0.5, 0.6) is 11.5 Å². The zero-order valence-corrected chi connectivity index (χ0v) is 12.7. The summed E-state index contributed by atoms with van der Waals surface area (Å²) in [5.74, 6) is 0.924. The molecular weight excluding hydrogens is 258 g/mol. The largest absolute Gasteiger partial charge is 0.496 e. The highest BCUT2D eigenvalue weighted by molar-refractivity contribution is 5.95. The monoisotopic (exact) mass is 281 g/mol. The van der Waals surface area contributed by atoms with Crippen molar-refractivity contribution in [1.82, 2.24) is 5.32 Å². The maximum absolute atomic E-state index is 12.3. The molecule has 1 unspecified atom stereocenters. The van der Waals surface area contributed by atoms with E-state index in [2.05, 4.69) is 5.32 Å². The lowest BCUT2D eigenvalue weighted by atomic mass is 9.99. The number of carbonyl (C=O) groups excluding carboxylic acids is 1. The predicted molar refractivity (Wildman–Crippen MR) is 77.5 cm³/mol. The Balaban J connectivity index is 3.10. The third kappa shape index (κ3) is 3.42. The number of hydrogen-bond donors (Lipinski definition) is 2. The Hall–Kier alpha value is -1.75. The van der Waals surface area contributed by atoms with E-state index in [1.54, 1.807) is 33.3 Å². The van der Waals surface area contributed by atoms with Crippen LogP contribution in [-0.4, -0.2) is 37.4 Å². The highest BCUT2D eigenvalue weighted by Crippen LogP contribution is 2.29. The minimum Gasteiger partial charge on any atom is -0.496 e. The van der Waals surface area contributed by atoms with Crippen LogP contribution in [0, 0.1) is 6.92 Å². The van der Waals surface area contributed by atoms with E-state index in [0.29, 0.717) is 23.5 Å². The first kappa shape index (κ1) is 16.3. The van der Waals surface area contributed by atoms with Gasteiger partial charge in [0.15, 0.2) is 0 Å². The van der Waals surface area contributed by atoms with E-state index in [4.69, 9.17) is 9.47 Å². The number of aliphatic hydroxyl groups is 1. The second kappa shape index (κ2) is 6.61. The van der Waals surface area contributed by atoms with Crippen LogP contribution in [0.25, 0.3) is 0 Å². The maximum atomic E-state index is 12.3. The zero-order chi connectivity index (χ0) is 15.3. The van der Waals surface area contributed by atoms with Gasteiger partial charge in [-0.3, -0.25) is 4.79 Å². The normalized spacial score (nSPS) is 13.5. The number of ether oxygens (including phenoxy) is 2. The number of hydrogen-bond acceptors (Lipinski definition) is 4. The molecule has 0 radical (unpaired) electrons. The molecule has 0 bridgehead atoms. The van der Waals surface area contributed by atoms with Crippen LogP contribution >= 0.6 is 0 Å². The third-order valence-electron chi connectivity index (χ3n) is 3.56. The van der Waals surface area contributed by atoms with Crippen molar-refractivity contribution < 1.29 is 19.4 Å². The second-order valence-corrected chi connectivity index (χ2v) is 5.03. The zero-order valence-electron chi connectivity index (χ0n) is 12.7. The summed E-state index contributed by atoms with van der Waals surface area (Å²) in [5.41, 5.74) is 0.645. The molecule has 112 valence electrons. The average molecular weight is 281 g/mol. The Morgan fingerprint density at radius 3 is 2.15 bits per heavy atom. The Labute approximate surface area is 119 Å². The van der Waals surface area contributed by atoms with Gasteiger partial charge in [-0.25, -0.2) is 0 Å². The molecule has 1 rings (SSSR count). The molecule has 1 aromatic rings. The lowest BCUT2D eigenvalue weighted by molar-refractivity contribution is 0.0846. The molecule has 20 heavy (non-hydrogen) atoms. The van der Waals surface area contributed by atoms with Gasteiger partial charge in [-0.05, 0) is 32.4 Å². The predicted octanol–water partition coefficient (Wildman–Crippen LogP) is 1.90. The first-order chi connectivity index (χ1) is 9.40. The van der Waals surface area contributed by atoms with E-state index < -0.39 is 5.54 Å². The van der Waals surface area contributed by atoms with E-state index in [1.165, 1.54) is 0 Å². The first-order valence-corrected chi connectivity index (χ1v) is 6.56. The van der Waals surface area contributed by atoms with E-state index in [1.807, 2.05) is 13.8 Å². The van der Waals surface area contributed by atoms with Crippen molar-refractivity contribution >= 4 is 5.91 Å². The van der Waals surface area contributed by atoms with Gasteiger partial charge in [0.05, 0.1) is 26.4 Å². The molecule has 0 fully saturated rings. The third-order valence-corrected chi connectivity index (χ3v) is 3.56. The van der Waals surface area contributed by atoms with Gasteiger partial charge >= 0.3 is 0 Å². The van der Waals surface area contributed by atoms with Crippen LogP contribution in [-0.2, 0) is 0 Å². The Bertz CT molecular complexity index is 456. The number of carbonyl (C=O) groups is 1. The lowest BCUT2D eigenvalue weighted by Crippen LogP contribution is -2.48. The summed E-state index contributed by atoms with van der Waals surface area (Å²) in [7, 11) is 3.10. The molecule has 1 amide bonds. The standard InChI is InChI=1S/C15H23NO4/c1-6-15(3,9-17)16-14(18)11-7-12(19-4)10(2)13(8-11)20-5/h7-8,17H,6,9H2,1-5H3,(H,16,18). The summed E-state index contributed by atoms with van der Waals surface area (Å²) in [4.78, 5) is 12.3. The molecule has 0 aliphatic carbocycles. The van der Waals surface area contributed by atoms with E-state index in [9.17, 15) is 9.90 Å². The van der Waals surface area contributed by atoms with Crippen molar-refractivity contribution in [3.8, 4) is 11.5 Å². The number of nitrogens with one attached hydrogen (secondary N) is 1. The summed E-state index contributed by atoms with van der Waals surface area (Å²) >= 11 is 0. The van der Waals surface area contributed by atoms with Crippen molar-refractivity contribution in [2.45, 2.75) is 32.7 Å². The summed E-state index contributed by atoms with van der Waals surface area (Å²) in [5, 5.41) is 12.2. The summed E-state index contributed by atoms with van der Waals surface area (Å²) in [6, 6.07) is 3.33. The number of benzene rings is 1. The molecule has 0 spiro atoms. The van der Waals surface area contributed by atoms with Crippen molar-refractivity contribution in [2.24, 2.45) is 0 Å². The molecular formula is C15H23NO4. The van der Waals surface area contributed by atoms with Gasteiger partial charge in [0.25, 0.3) is 5.91 Å². The van der Waals surface area contributed by atoms with E-state index in [0.717, 1.165) is 5.56 Å². The number of aliphatic hydroxyl groups excluding tert-OH is 1. The van der Waals surface area contributed by atoms with Crippen molar-refractivity contribution in [2.75, 3.05) is 20.8 Å². The number of amides is 1. The molecule has 2 N–H and O–H groups in total. The Kier molecular flexibility index (Phi) is 5.39.